The van der Waals surface area contributed by atoms with Crippen LogP contribution >= 0.6 is 11.3 Å². The van der Waals surface area contributed by atoms with Crippen LogP contribution in [0.15, 0.2) is 12.1 Å². The third-order valence-corrected chi connectivity index (χ3v) is 4.21. The lowest BCUT2D eigenvalue weighted by molar-refractivity contribution is 0.132. The van der Waals surface area contributed by atoms with E-state index in [1.165, 1.54) is 9.75 Å². The van der Waals surface area contributed by atoms with Crippen molar-refractivity contribution in [1.29, 1.82) is 0 Å². The summed E-state index contributed by atoms with van der Waals surface area (Å²) in [6.07, 6.45) is 2.12. The molecule has 0 aliphatic rings. The van der Waals surface area contributed by atoms with Crippen LogP contribution in [-0.2, 0) is 12.8 Å². The summed E-state index contributed by atoms with van der Waals surface area (Å²) >= 11 is 1.88. The molecule has 0 aromatic carbocycles. The summed E-state index contributed by atoms with van der Waals surface area (Å²) in [5.74, 6) is 0.362. The Morgan fingerprint density at radius 3 is 2.27 bits per heavy atom. The van der Waals surface area contributed by atoms with Crippen LogP contribution in [0.4, 0.5) is 0 Å². The third-order valence-electron chi connectivity index (χ3n) is 2.96. The van der Waals surface area contributed by atoms with E-state index in [-0.39, 0.29) is 12.0 Å². The minimum absolute atomic E-state index is 0.186. The first kappa shape index (κ1) is 12.7. The number of hydrogen-bond donors (Lipinski definition) is 1. The molecular weight excluding hydrogens is 204 g/mol. The molecule has 1 aromatic heterocycles. The van der Waals surface area contributed by atoms with Gasteiger partial charge in [-0.2, -0.15) is 0 Å². The van der Waals surface area contributed by atoms with Crippen molar-refractivity contribution in [3.8, 4) is 0 Å². The van der Waals surface area contributed by atoms with Crippen molar-refractivity contribution in [2.75, 3.05) is 6.61 Å². The summed E-state index contributed by atoms with van der Waals surface area (Å²) in [5.41, 5.74) is 0.186. The molecule has 1 rings (SSSR count). The summed E-state index contributed by atoms with van der Waals surface area (Å²) in [7, 11) is 0. The molecule has 0 spiro atoms. The van der Waals surface area contributed by atoms with Gasteiger partial charge in [-0.1, -0.05) is 27.7 Å². The number of aliphatic hydroxyl groups is 1. The Labute approximate surface area is 97.2 Å². The molecule has 0 saturated heterocycles. The van der Waals surface area contributed by atoms with Crippen LogP contribution in [0.2, 0.25) is 0 Å². The van der Waals surface area contributed by atoms with Crippen molar-refractivity contribution in [3.63, 3.8) is 0 Å². The zero-order valence-electron chi connectivity index (χ0n) is 10.2. The summed E-state index contributed by atoms with van der Waals surface area (Å²) in [4.78, 5) is 2.84. The van der Waals surface area contributed by atoms with Crippen LogP contribution in [0.1, 0.15) is 37.4 Å². The number of aryl methyl sites for hydroxylation is 1. The molecule has 1 atom stereocenters. The second-order valence-electron chi connectivity index (χ2n) is 5.17. The lowest BCUT2D eigenvalue weighted by Gasteiger charge is -2.28. The number of aliphatic hydroxyl groups excluding tert-OH is 1. The van der Waals surface area contributed by atoms with Crippen molar-refractivity contribution in [3.05, 3.63) is 21.9 Å². The van der Waals surface area contributed by atoms with Gasteiger partial charge in [0.05, 0.1) is 0 Å². The van der Waals surface area contributed by atoms with Gasteiger partial charge in [-0.25, -0.2) is 0 Å². The van der Waals surface area contributed by atoms with Gasteiger partial charge in [-0.3, -0.25) is 0 Å². The van der Waals surface area contributed by atoms with Crippen molar-refractivity contribution >= 4 is 11.3 Å². The minimum atomic E-state index is 0.186. The minimum Gasteiger partial charge on any atom is -0.396 e. The fourth-order valence-electron chi connectivity index (χ4n) is 1.61. The molecule has 0 aliphatic carbocycles. The Morgan fingerprint density at radius 2 is 1.87 bits per heavy atom. The van der Waals surface area contributed by atoms with E-state index >= 15 is 0 Å². The molecule has 0 radical (unpaired) electrons. The molecular formula is C13H22OS. The zero-order valence-corrected chi connectivity index (χ0v) is 11.0. The molecule has 1 N–H and O–H groups in total. The first-order valence-electron chi connectivity index (χ1n) is 5.65. The highest BCUT2D eigenvalue weighted by Crippen LogP contribution is 2.30. The summed E-state index contributed by atoms with van der Waals surface area (Å²) in [6.45, 7) is 9.05. The van der Waals surface area contributed by atoms with E-state index in [1.54, 1.807) is 0 Å². The Balaban J connectivity index is 2.67. The van der Waals surface area contributed by atoms with Gasteiger partial charge in [-0.15, -0.1) is 11.3 Å². The molecule has 0 amide bonds. The SMILES string of the molecule is CCc1ccc(CC(CO)C(C)(C)C)s1. The fraction of sp³-hybridized carbons (Fsp3) is 0.692. The maximum atomic E-state index is 9.39. The summed E-state index contributed by atoms with van der Waals surface area (Å²) < 4.78 is 0. The van der Waals surface area contributed by atoms with Gasteiger partial charge in [0.25, 0.3) is 0 Å². The van der Waals surface area contributed by atoms with Gasteiger partial charge < -0.3 is 5.11 Å². The van der Waals surface area contributed by atoms with E-state index in [4.69, 9.17) is 0 Å². The van der Waals surface area contributed by atoms with Crippen LogP contribution in [0, 0.1) is 11.3 Å². The Kier molecular flexibility index (Phi) is 4.35. The van der Waals surface area contributed by atoms with Crippen molar-refractivity contribution in [2.24, 2.45) is 11.3 Å². The van der Waals surface area contributed by atoms with Crippen LogP contribution in [0.25, 0.3) is 0 Å². The van der Waals surface area contributed by atoms with Crippen molar-refractivity contribution < 1.29 is 5.11 Å². The molecule has 1 unspecified atom stereocenters. The maximum absolute atomic E-state index is 9.39. The monoisotopic (exact) mass is 226 g/mol. The lowest BCUT2D eigenvalue weighted by atomic mass is 9.79. The lowest BCUT2D eigenvalue weighted by Crippen LogP contribution is -2.25. The molecule has 2 heteroatoms. The number of thiophene rings is 1. The third kappa shape index (κ3) is 3.62. The van der Waals surface area contributed by atoms with E-state index in [2.05, 4.69) is 39.8 Å². The molecule has 0 aliphatic heterocycles. The average molecular weight is 226 g/mol. The first-order valence-corrected chi connectivity index (χ1v) is 6.47. The zero-order chi connectivity index (χ0) is 11.5. The van der Waals surface area contributed by atoms with Gasteiger partial charge >= 0.3 is 0 Å². The predicted molar refractivity (Wildman–Crippen MR) is 67.4 cm³/mol. The summed E-state index contributed by atoms with van der Waals surface area (Å²) in [6, 6.07) is 4.41. The van der Waals surface area contributed by atoms with Gasteiger partial charge in [0, 0.05) is 16.4 Å². The Morgan fingerprint density at radius 1 is 1.27 bits per heavy atom. The maximum Gasteiger partial charge on any atom is 0.0467 e. The van der Waals surface area contributed by atoms with Crippen molar-refractivity contribution in [2.45, 2.75) is 40.5 Å². The van der Waals surface area contributed by atoms with E-state index in [1.807, 2.05) is 11.3 Å². The molecule has 15 heavy (non-hydrogen) atoms. The molecule has 0 fully saturated rings. The second kappa shape index (κ2) is 5.13. The van der Waals surface area contributed by atoms with Crippen LogP contribution in [0.3, 0.4) is 0 Å². The molecule has 1 heterocycles. The Bertz CT molecular complexity index is 296. The number of rotatable bonds is 4. The van der Waals surface area contributed by atoms with E-state index in [0.717, 1.165) is 12.8 Å². The Hall–Kier alpha value is -0.340. The highest BCUT2D eigenvalue weighted by Gasteiger charge is 2.24. The molecule has 0 saturated carbocycles. The van der Waals surface area contributed by atoms with E-state index in [9.17, 15) is 5.11 Å². The molecule has 86 valence electrons. The van der Waals surface area contributed by atoms with Gasteiger partial charge in [-0.05, 0) is 36.3 Å². The highest BCUT2D eigenvalue weighted by atomic mass is 32.1. The molecule has 0 bridgehead atoms. The van der Waals surface area contributed by atoms with E-state index < -0.39 is 0 Å². The standard InChI is InChI=1S/C13H22OS/c1-5-11-6-7-12(15-11)8-10(9-14)13(2,3)4/h6-7,10,14H,5,8-9H2,1-4H3. The van der Waals surface area contributed by atoms with E-state index in [0.29, 0.717) is 5.92 Å². The quantitative estimate of drug-likeness (QED) is 0.833. The molecule has 1 aromatic rings. The molecule has 1 nitrogen and oxygen atoms in total. The fourth-order valence-corrected chi connectivity index (χ4v) is 2.65. The summed E-state index contributed by atoms with van der Waals surface area (Å²) in [5, 5.41) is 9.39. The van der Waals surface area contributed by atoms with Gasteiger partial charge in [0.2, 0.25) is 0 Å². The van der Waals surface area contributed by atoms with Crippen LogP contribution < -0.4 is 0 Å². The first-order chi connectivity index (χ1) is 6.97. The second-order valence-corrected chi connectivity index (χ2v) is 6.42. The number of hydrogen-bond acceptors (Lipinski definition) is 2. The smallest absolute Gasteiger partial charge is 0.0467 e. The van der Waals surface area contributed by atoms with Gasteiger partial charge in [0.1, 0.15) is 0 Å². The van der Waals surface area contributed by atoms with Crippen LogP contribution in [-0.4, -0.2) is 11.7 Å². The largest absolute Gasteiger partial charge is 0.396 e. The predicted octanol–water partition coefficient (Wildman–Crippen LogP) is 3.51. The normalized spacial score (nSPS) is 14.2. The highest BCUT2D eigenvalue weighted by molar-refractivity contribution is 7.11. The van der Waals surface area contributed by atoms with Crippen molar-refractivity contribution in [1.82, 2.24) is 0 Å². The average Bonchev–Trinajstić information content (AvgIpc) is 2.59. The topological polar surface area (TPSA) is 20.2 Å². The van der Waals surface area contributed by atoms with Gasteiger partial charge in [0.15, 0.2) is 0 Å². The van der Waals surface area contributed by atoms with Crippen LogP contribution in [0.5, 0.6) is 0 Å².